The van der Waals surface area contributed by atoms with E-state index in [9.17, 15) is 0 Å². The molecule has 0 aromatic rings. The standard InChI is InChI=1S/C12H23N/c1-9-8-13-11(2,3)6-10(9)7-12(13,4)5/h9-10H,6-8H2,1-5H3. The lowest BCUT2D eigenvalue weighted by molar-refractivity contribution is -0.120. The summed E-state index contributed by atoms with van der Waals surface area (Å²) in [4.78, 5) is 2.73. The molecular weight excluding hydrogens is 158 g/mol. The molecule has 1 nitrogen and oxygen atoms in total. The van der Waals surface area contributed by atoms with Crippen LogP contribution in [0.4, 0.5) is 0 Å². The van der Waals surface area contributed by atoms with Gasteiger partial charge >= 0.3 is 0 Å². The van der Waals surface area contributed by atoms with Crippen LogP contribution in [0.25, 0.3) is 0 Å². The first-order valence-electron chi connectivity index (χ1n) is 5.61. The first-order valence-corrected chi connectivity index (χ1v) is 5.61. The molecule has 0 radical (unpaired) electrons. The van der Waals surface area contributed by atoms with Crippen molar-refractivity contribution in [3.63, 3.8) is 0 Å². The van der Waals surface area contributed by atoms with Crippen molar-refractivity contribution in [2.75, 3.05) is 6.54 Å². The van der Waals surface area contributed by atoms with Crippen molar-refractivity contribution in [1.82, 2.24) is 4.90 Å². The molecular formula is C12H23N. The molecule has 0 saturated carbocycles. The van der Waals surface area contributed by atoms with E-state index in [4.69, 9.17) is 0 Å². The molecule has 3 fully saturated rings. The van der Waals surface area contributed by atoms with Crippen LogP contribution in [0.3, 0.4) is 0 Å². The topological polar surface area (TPSA) is 3.24 Å². The van der Waals surface area contributed by atoms with Crippen LogP contribution in [0.5, 0.6) is 0 Å². The van der Waals surface area contributed by atoms with Crippen LogP contribution < -0.4 is 0 Å². The number of fused-ring (bicyclic) bond motifs is 3. The van der Waals surface area contributed by atoms with Gasteiger partial charge in [-0.2, -0.15) is 0 Å². The van der Waals surface area contributed by atoms with E-state index in [-0.39, 0.29) is 0 Å². The zero-order valence-corrected chi connectivity index (χ0v) is 9.72. The first kappa shape index (κ1) is 9.51. The summed E-state index contributed by atoms with van der Waals surface area (Å²) in [6.07, 6.45) is 2.80. The number of hydrogen-bond donors (Lipinski definition) is 0. The summed E-state index contributed by atoms with van der Waals surface area (Å²) in [6.45, 7) is 13.4. The van der Waals surface area contributed by atoms with Crippen LogP contribution in [-0.2, 0) is 0 Å². The molecule has 2 bridgehead atoms. The van der Waals surface area contributed by atoms with Gasteiger partial charge in [0, 0.05) is 17.6 Å². The Labute approximate surface area is 82.5 Å². The van der Waals surface area contributed by atoms with Gasteiger partial charge in [0.15, 0.2) is 0 Å². The summed E-state index contributed by atoms with van der Waals surface area (Å²) in [5.41, 5.74) is 0.887. The molecule has 0 aliphatic carbocycles. The SMILES string of the molecule is CC1CN2C(C)(C)CC1CC2(C)C. The fourth-order valence-electron chi connectivity index (χ4n) is 3.73. The summed E-state index contributed by atoms with van der Waals surface area (Å²) in [5.74, 6) is 1.89. The molecule has 3 saturated heterocycles. The highest BCUT2D eigenvalue weighted by Crippen LogP contribution is 2.49. The summed E-state index contributed by atoms with van der Waals surface area (Å²) in [6, 6.07) is 0. The van der Waals surface area contributed by atoms with Crippen LogP contribution in [0.15, 0.2) is 0 Å². The van der Waals surface area contributed by atoms with Crippen LogP contribution >= 0.6 is 0 Å². The molecule has 3 rings (SSSR count). The predicted molar refractivity (Wildman–Crippen MR) is 56.8 cm³/mol. The Morgan fingerprint density at radius 1 is 1.00 bits per heavy atom. The average molecular weight is 181 g/mol. The quantitative estimate of drug-likeness (QED) is 0.555. The number of nitrogens with zero attached hydrogens (tertiary/aromatic N) is 1. The lowest BCUT2D eigenvalue weighted by Gasteiger charge is -2.62. The van der Waals surface area contributed by atoms with E-state index in [1.165, 1.54) is 19.4 Å². The number of hydrogen-bond acceptors (Lipinski definition) is 1. The van der Waals surface area contributed by atoms with Gasteiger partial charge in [-0.3, -0.25) is 4.90 Å². The van der Waals surface area contributed by atoms with Crippen LogP contribution in [0.1, 0.15) is 47.5 Å². The minimum Gasteiger partial charge on any atom is -0.293 e. The molecule has 3 aliphatic rings. The van der Waals surface area contributed by atoms with Crippen LogP contribution in [-0.4, -0.2) is 22.5 Å². The minimum atomic E-state index is 0.443. The first-order chi connectivity index (χ1) is 5.83. The van der Waals surface area contributed by atoms with Crippen molar-refractivity contribution in [1.29, 1.82) is 0 Å². The third kappa shape index (κ3) is 1.32. The molecule has 0 spiro atoms. The molecule has 1 heteroatoms. The van der Waals surface area contributed by atoms with Crippen LogP contribution in [0.2, 0.25) is 0 Å². The molecule has 0 aromatic carbocycles. The highest BCUT2D eigenvalue weighted by Gasteiger charge is 2.51. The molecule has 3 heterocycles. The van der Waals surface area contributed by atoms with E-state index in [1.807, 2.05) is 0 Å². The molecule has 1 unspecified atom stereocenters. The third-order valence-electron chi connectivity index (χ3n) is 4.26. The predicted octanol–water partition coefficient (Wildman–Crippen LogP) is 2.91. The number of rotatable bonds is 0. The van der Waals surface area contributed by atoms with Gasteiger partial charge in [-0.25, -0.2) is 0 Å². The fourth-order valence-corrected chi connectivity index (χ4v) is 3.73. The van der Waals surface area contributed by atoms with Gasteiger partial charge in [0.25, 0.3) is 0 Å². The second-order valence-corrected chi connectivity index (χ2v) is 6.38. The zero-order chi connectivity index (χ0) is 9.85. The van der Waals surface area contributed by atoms with E-state index in [1.54, 1.807) is 0 Å². The molecule has 1 atom stereocenters. The number of piperidine rings is 3. The van der Waals surface area contributed by atoms with Gasteiger partial charge in [-0.05, 0) is 52.4 Å². The summed E-state index contributed by atoms with van der Waals surface area (Å²) < 4.78 is 0. The monoisotopic (exact) mass is 181 g/mol. The van der Waals surface area contributed by atoms with E-state index in [0.29, 0.717) is 11.1 Å². The van der Waals surface area contributed by atoms with Crippen LogP contribution in [0, 0.1) is 11.8 Å². The summed E-state index contributed by atoms with van der Waals surface area (Å²) in [5, 5.41) is 0. The second kappa shape index (κ2) is 2.50. The van der Waals surface area contributed by atoms with Crippen molar-refractivity contribution < 1.29 is 0 Å². The van der Waals surface area contributed by atoms with Gasteiger partial charge in [0.1, 0.15) is 0 Å². The second-order valence-electron chi connectivity index (χ2n) is 6.38. The van der Waals surface area contributed by atoms with Crippen molar-refractivity contribution in [3.8, 4) is 0 Å². The van der Waals surface area contributed by atoms with Gasteiger partial charge in [0.2, 0.25) is 0 Å². The molecule has 3 aliphatic heterocycles. The Morgan fingerprint density at radius 2 is 1.46 bits per heavy atom. The van der Waals surface area contributed by atoms with Crippen molar-refractivity contribution in [3.05, 3.63) is 0 Å². The maximum absolute atomic E-state index is 2.73. The summed E-state index contributed by atoms with van der Waals surface area (Å²) >= 11 is 0. The van der Waals surface area contributed by atoms with E-state index in [0.717, 1.165) is 11.8 Å². The molecule has 76 valence electrons. The smallest absolute Gasteiger partial charge is 0.0161 e. The molecule has 0 amide bonds. The normalized spacial score (nSPS) is 46.4. The van der Waals surface area contributed by atoms with E-state index in [2.05, 4.69) is 39.5 Å². The van der Waals surface area contributed by atoms with Crippen molar-refractivity contribution >= 4 is 0 Å². The largest absolute Gasteiger partial charge is 0.293 e. The summed E-state index contributed by atoms with van der Waals surface area (Å²) in [7, 11) is 0. The molecule has 13 heavy (non-hydrogen) atoms. The van der Waals surface area contributed by atoms with E-state index >= 15 is 0 Å². The Bertz CT molecular complexity index is 199. The van der Waals surface area contributed by atoms with E-state index < -0.39 is 0 Å². The van der Waals surface area contributed by atoms with Gasteiger partial charge in [-0.15, -0.1) is 0 Å². The van der Waals surface area contributed by atoms with Crippen molar-refractivity contribution in [2.45, 2.75) is 58.5 Å². The Morgan fingerprint density at radius 3 is 1.77 bits per heavy atom. The van der Waals surface area contributed by atoms with Crippen molar-refractivity contribution in [2.24, 2.45) is 11.8 Å². The highest BCUT2D eigenvalue weighted by molar-refractivity contribution is 5.05. The Balaban J connectivity index is 2.30. The maximum atomic E-state index is 2.73. The fraction of sp³-hybridized carbons (Fsp3) is 1.00. The maximum Gasteiger partial charge on any atom is 0.0161 e. The molecule has 0 aromatic heterocycles. The average Bonchev–Trinajstić information content (AvgIpc) is 1.91. The lowest BCUT2D eigenvalue weighted by Crippen LogP contribution is -2.66. The minimum absolute atomic E-state index is 0.443. The van der Waals surface area contributed by atoms with Gasteiger partial charge in [-0.1, -0.05) is 6.92 Å². The van der Waals surface area contributed by atoms with Gasteiger partial charge < -0.3 is 0 Å². The third-order valence-corrected chi connectivity index (χ3v) is 4.26. The Kier molecular flexibility index (Phi) is 1.83. The highest BCUT2D eigenvalue weighted by atomic mass is 15.3. The lowest BCUT2D eigenvalue weighted by atomic mass is 9.64. The Hall–Kier alpha value is -0.0400. The zero-order valence-electron chi connectivity index (χ0n) is 9.72. The van der Waals surface area contributed by atoms with Gasteiger partial charge in [0.05, 0.1) is 0 Å². The molecule has 0 N–H and O–H groups in total.